The Balaban J connectivity index is -0.00000000900. The largest absolute Gasteiger partial charge is 3.00 e. The molecule has 7 heavy (non-hydrogen) atoms. The molecule has 0 fully saturated rings. The zero-order chi connectivity index (χ0) is 6.00. The van der Waals surface area contributed by atoms with Crippen molar-refractivity contribution in [2.45, 2.75) is 13.8 Å². The normalized spacial score (nSPS) is 2.00. The molecule has 0 N–H and O–H groups in total. The molecule has 0 aliphatic heterocycles. The van der Waals surface area contributed by atoms with Gasteiger partial charge in [-0.25, -0.2) is 0 Å². The molecule has 0 heterocycles. The van der Waals surface area contributed by atoms with E-state index in [1.165, 1.54) is 0 Å². The first-order chi connectivity index (χ1) is 3.00. The van der Waals surface area contributed by atoms with Crippen LogP contribution in [0.25, 0.3) is 0 Å². The molecule has 0 bridgehead atoms. The van der Waals surface area contributed by atoms with E-state index in [-0.39, 0.29) is 17.4 Å². The molecule has 0 spiro atoms. The topological polar surface area (TPSA) is 23.8 Å². The molecule has 38 valence electrons. The second-order valence-corrected chi connectivity index (χ2v) is 0. The fraction of sp³-hybridized carbons (Fsp3) is 0.400. The number of hydrogen-bond acceptors (Lipinski definition) is 1. The summed E-state index contributed by atoms with van der Waals surface area (Å²) in [5.41, 5.74) is 0. The van der Waals surface area contributed by atoms with Crippen LogP contribution >= 0.6 is 0 Å². The predicted octanol–water partition coefficient (Wildman–Crippen LogP) is 1.40. The minimum Gasteiger partial charge on any atom is -0.512 e. The summed E-state index contributed by atoms with van der Waals surface area (Å²) in [5.74, 6) is 0. The van der Waals surface area contributed by atoms with Gasteiger partial charge in [0.15, 0.2) is 0 Å². The molecule has 0 radical (unpaired) electrons. The molecule has 0 aromatic carbocycles. The standard InChI is InChI=1S/2C2H5.CN.Al/c3*1-2;/h2*1H2,2H3;;/q3*-1;+3. The second-order valence-electron chi connectivity index (χ2n) is 0. The monoisotopic (exact) mass is 111 g/mol. The van der Waals surface area contributed by atoms with Crippen molar-refractivity contribution in [1.29, 1.82) is 5.26 Å². The van der Waals surface area contributed by atoms with Gasteiger partial charge >= 0.3 is 17.4 Å². The third-order valence-electron chi connectivity index (χ3n) is 0. The molecule has 0 atom stereocenters. The third-order valence-corrected chi connectivity index (χ3v) is 0. The maximum atomic E-state index is 6.25. The van der Waals surface area contributed by atoms with E-state index in [9.17, 15) is 0 Å². The summed E-state index contributed by atoms with van der Waals surface area (Å²) in [4.78, 5) is 0. The third kappa shape index (κ3) is 193000. The minimum absolute atomic E-state index is 0. The van der Waals surface area contributed by atoms with Gasteiger partial charge in [0, 0.05) is 0 Å². The van der Waals surface area contributed by atoms with Crippen molar-refractivity contribution >= 4 is 17.4 Å². The molecule has 0 unspecified atom stereocenters. The van der Waals surface area contributed by atoms with Gasteiger partial charge in [-0.2, -0.15) is 13.8 Å². The summed E-state index contributed by atoms with van der Waals surface area (Å²) in [7, 11) is 0. The van der Waals surface area contributed by atoms with Crippen LogP contribution in [0.1, 0.15) is 13.8 Å². The molecule has 0 rings (SSSR count). The smallest absolute Gasteiger partial charge is 0.512 e. The van der Waals surface area contributed by atoms with E-state index in [1.54, 1.807) is 13.8 Å². The van der Waals surface area contributed by atoms with Crippen LogP contribution in [0.15, 0.2) is 0 Å². The quantitative estimate of drug-likeness (QED) is 0.342. The van der Waals surface area contributed by atoms with Crippen LogP contribution in [0.3, 0.4) is 0 Å². The molecule has 0 aliphatic carbocycles. The first-order valence-electron chi connectivity index (χ1n) is 1.64. The first kappa shape index (κ1) is 27.9. The predicted molar refractivity (Wildman–Crippen MR) is 32.8 cm³/mol. The summed E-state index contributed by atoms with van der Waals surface area (Å²) in [6.07, 6.45) is 0. The SMILES string of the molecule is [Al+3].[C-]#N.[CH2-]C.[CH2-]C. The summed E-state index contributed by atoms with van der Waals surface area (Å²) in [5, 5.41) is 6.25. The molecule has 0 aliphatic rings. The molecular weight excluding hydrogens is 101 g/mol. The van der Waals surface area contributed by atoms with Gasteiger partial charge in [-0.15, -0.1) is 0 Å². The molecule has 2 heteroatoms. The Kier molecular flexibility index (Phi) is 1200000. The Morgan fingerprint density at radius 1 is 1.00 bits per heavy atom. The zero-order valence-electron chi connectivity index (χ0n) is 4.94. The molecule has 0 aromatic heterocycles. The van der Waals surface area contributed by atoms with Crippen molar-refractivity contribution in [2.24, 2.45) is 0 Å². The summed E-state index contributed by atoms with van der Waals surface area (Å²) in [6.45, 7) is 14.8. The summed E-state index contributed by atoms with van der Waals surface area (Å²) in [6, 6.07) is 0. The minimum atomic E-state index is 0. The van der Waals surface area contributed by atoms with Crippen LogP contribution in [0, 0.1) is 25.7 Å². The Labute approximate surface area is 57.5 Å². The Morgan fingerprint density at radius 3 is 1.00 bits per heavy atom. The van der Waals surface area contributed by atoms with Gasteiger partial charge in [-0.3, -0.25) is 0 Å². The second kappa shape index (κ2) is 301000. The van der Waals surface area contributed by atoms with Crippen molar-refractivity contribution in [1.82, 2.24) is 0 Å². The van der Waals surface area contributed by atoms with E-state index >= 15 is 0 Å². The molecule has 0 saturated heterocycles. The van der Waals surface area contributed by atoms with E-state index in [1.807, 2.05) is 0 Å². The molecule has 0 aromatic rings. The maximum absolute atomic E-state index is 6.25. The van der Waals surface area contributed by atoms with Crippen LogP contribution in [0.4, 0.5) is 0 Å². The van der Waals surface area contributed by atoms with Gasteiger partial charge in [0.05, 0.1) is 0 Å². The molecular formula is C5H10AlN. The van der Waals surface area contributed by atoms with Gasteiger partial charge in [0.2, 0.25) is 0 Å². The average Bonchev–Trinajstić information content (AvgIpc) is 1.81. The number of nitrogens with zero attached hydrogens (tertiary/aromatic N) is 1. The Morgan fingerprint density at radius 2 is 1.00 bits per heavy atom. The molecule has 1 nitrogen and oxygen atoms in total. The Bertz CT molecular complexity index is 12.8. The number of rotatable bonds is 0. The van der Waals surface area contributed by atoms with Gasteiger partial charge in [0.1, 0.15) is 0 Å². The maximum Gasteiger partial charge on any atom is 3.00 e. The van der Waals surface area contributed by atoms with Gasteiger partial charge in [0.25, 0.3) is 0 Å². The molecule has 0 amide bonds. The van der Waals surface area contributed by atoms with Crippen LogP contribution in [0.5, 0.6) is 0 Å². The van der Waals surface area contributed by atoms with E-state index in [0.717, 1.165) is 0 Å². The van der Waals surface area contributed by atoms with Crippen LogP contribution in [-0.4, -0.2) is 17.4 Å². The van der Waals surface area contributed by atoms with E-state index in [0.29, 0.717) is 0 Å². The van der Waals surface area contributed by atoms with Crippen molar-refractivity contribution in [3.05, 3.63) is 20.4 Å². The van der Waals surface area contributed by atoms with Crippen LogP contribution in [-0.2, 0) is 0 Å². The van der Waals surface area contributed by atoms with E-state index in [4.69, 9.17) is 11.8 Å². The summed E-state index contributed by atoms with van der Waals surface area (Å²) < 4.78 is 0. The van der Waals surface area contributed by atoms with Crippen molar-refractivity contribution < 1.29 is 0 Å². The van der Waals surface area contributed by atoms with E-state index in [2.05, 4.69) is 13.8 Å². The van der Waals surface area contributed by atoms with Gasteiger partial charge < -0.3 is 25.7 Å². The zero-order valence-corrected chi connectivity index (χ0v) is 6.09. The van der Waals surface area contributed by atoms with Gasteiger partial charge in [-0.1, -0.05) is 0 Å². The van der Waals surface area contributed by atoms with Crippen LogP contribution in [0.2, 0.25) is 0 Å². The van der Waals surface area contributed by atoms with E-state index < -0.39 is 0 Å². The van der Waals surface area contributed by atoms with Crippen molar-refractivity contribution in [2.75, 3.05) is 0 Å². The van der Waals surface area contributed by atoms with Crippen molar-refractivity contribution in [3.63, 3.8) is 0 Å². The fourth-order valence-electron chi connectivity index (χ4n) is 0. The number of hydrogen-bond donors (Lipinski definition) is 0. The fourth-order valence-corrected chi connectivity index (χ4v) is 0. The summed E-state index contributed by atoms with van der Waals surface area (Å²) >= 11 is 0. The van der Waals surface area contributed by atoms with Crippen molar-refractivity contribution in [3.8, 4) is 0 Å². The van der Waals surface area contributed by atoms with Gasteiger partial charge in [-0.05, 0) is 0 Å². The first-order valence-corrected chi connectivity index (χ1v) is 1.64. The Hall–Kier alpha value is 0.0225. The average molecular weight is 111 g/mol. The molecule has 0 saturated carbocycles. The van der Waals surface area contributed by atoms with Crippen LogP contribution < -0.4 is 0 Å².